The Bertz CT molecular complexity index is 1180. The standard InChI is InChI=1S/C24H24N6O3/c1-33-21-11-19(10-20(31)12-21)23(32)26-14-16-5-7-30(8-6-16)24-28-15-27-22(29-24)18-4-2-3-17(9-18)13-25/h2-4,9-12,15-16,31H,5-8,14H2,1H3,(H,26,32). The summed E-state index contributed by atoms with van der Waals surface area (Å²) in [4.78, 5) is 27.8. The Morgan fingerprint density at radius 3 is 2.82 bits per heavy atom. The molecule has 1 fully saturated rings. The molecule has 0 bridgehead atoms. The maximum Gasteiger partial charge on any atom is 0.251 e. The molecule has 0 atom stereocenters. The minimum atomic E-state index is -0.242. The number of benzene rings is 2. The molecule has 2 aromatic carbocycles. The molecule has 0 unspecified atom stereocenters. The van der Waals surface area contributed by atoms with E-state index in [4.69, 9.17) is 10.00 Å². The van der Waals surface area contributed by atoms with Crippen LogP contribution in [0.25, 0.3) is 11.4 Å². The number of phenols is 1. The Labute approximate surface area is 191 Å². The molecule has 2 heterocycles. The lowest BCUT2D eigenvalue weighted by atomic mass is 9.97. The molecule has 3 aromatic rings. The van der Waals surface area contributed by atoms with Crippen LogP contribution in [0.2, 0.25) is 0 Å². The number of ether oxygens (including phenoxy) is 1. The van der Waals surface area contributed by atoms with Crippen molar-refractivity contribution in [2.45, 2.75) is 12.8 Å². The van der Waals surface area contributed by atoms with E-state index >= 15 is 0 Å². The Balaban J connectivity index is 1.33. The number of amides is 1. The van der Waals surface area contributed by atoms with Gasteiger partial charge in [0.2, 0.25) is 5.95 Å². The zero-order chi connectivity index (χ0) is 23.2. The number of phenolic OH excluding ortho intramolecular Hbond substituents is 1. The van der Waals surface area contributed by atoms with Crippen LogP contribution in [0.5, 0.6) is 11.5 Å². The molecule has 2 N–H and O–H groups in total. The highest BCUT2D eigenvalue weighted by molar-refractivity contribution is 5.95. The zero-order valence-corrected chi connectivity index (χ0v) is 18.2. The first kappa shape index (κ1) is 22.0. The van der Waals surface area contributed by atoms with Crippen molar-refractivity contribution in [1.29, 1.82) is 5.26 Å². The van der Waals surface area contributed by atoms with Gasteiger partial charge in [-0.1, -0.05) is 12.1 Å². The Morgan fingerprint density at radius 1 is 1.24 bits per heavy atom. The second-order valence-corrected chi connectivity index (χ2v) is 7.86. The van der Waals surface area contributed by atoms with Crippen molar-refractivity contribution in [2.24, 2.45) is 5.92 Å². The fourth-order valence-electron chi connectivity index (χ4n) is 3.82. The Morgan fingerprint density at radius 2 is 2.06 bits per heavy atom. The number of nitrogens with zero attached hydrogens (tertiary/aromatic N) is 5. The number of piperidine rings is 1. The number of nitrogens with one attached hydrogen (secondary N) is 1. The molecule has 33 heavy (non-hydrogen) atoms. The molecule has 1 saturated heterocycles. The lowest BCUT2D eigenvalue weighted by Crippen LogP contribution is -2.39. The van der Waals surface area contributed by atoms with Gasteiger partial charge in [-0.25, -0.2) is 9.97 Å². The molecule has 1 aromatic heterocycles. The van der Waals surface area contributed by atoms with Crippen molar-refractivity contribution < 1.29 is 14.6 Å². The Kier molecular flexibility index (Phi) is 6.64. The van der Waals surface area contributed by atoms with Crippen molar-refractivity contribution in [3.8, 4) is 29.0 Å². The van der Waals surface area contributed by atoms with Crippen molar-refractivity contribution >= 4 is 11.9 Å². The second kappa shape index (κ2) is 9.96. The summed E-state index contributed by atoms with van der Waals surface area (Å²) < 4.78 is 5.11. The lowest BCUT2D eigenvalue weighted by Gasteiger charge is -2.32. The number of methoxy groups -OCH3 is 1. The number of anilines is 1. The fourth-order valence-corrected chi connectivity index (χ4v) is 3.82. The summed E-state index contributed by atoms with van der Waals surface area (Å²) in [5, 5.41) is 21.8. The van der Waals surface area contributed by atoms with Crippen LogP contribution < -0.4 is 15.0 Å². The summed E-state index contributed by atoms with van der Waals surface area (Å²) in [7, 11) is 1.49. The van der Waals surface area contributed by atoms with E-state index < -0.39 is 0 Å². The molecule has 0 radical (unpaired) electrons. The number of carbonyl (C=O) groups is 1. The molecular weight excluding hydrogens is 420 g/mol. The van der Waals surface area contributed by atoms with Crippen molar-refractivity contribution in [3.05, 3.63) is 59.9 Å². The molecule has 4 rings (SSSR count). The first-order valence-corrected chi connectivity index (χ1v) is 10.7. The lowest BCUT2D eigenvalue weighted by molar-refractivity contribution is 0.0944. The third-order valence-corrected chi connectivity index (χ3v) is 5.65. The van der Waals surface area contributed by atoms with E-state index in [1.807, 2.05) is 12.1 Å². The van der Waals surface area contributed by atoms with Gasteiger partial charge in [-0.05, 0) is 43.0 Å². The highest BCUT2D eigenvalue weighted by atomic mass is 16.5. The molecule has 0 spiro atoms. The van der Waals surface area contributed by atoms with E-state index in [-0.39, 0.29) is 11.7 Å². The first-order valence-electron chi connectivity index (χ1n) is 10.7. The summed E-state index contributed by atoms with van der Waals surface area (Å²) in [6.07, 6.45) is 3.26. The maximum atomic E-state index is 12.5. The van der Waals surface area contributed by atoms with Gasteiger partial charge in [0.15, 0.2) is 5.82 Å². The van der Waals surface area contributed by atoms with Crippen molar-refractivity contribution in [3.63, 3.8) is 0 Å². The van der Waals surface area contributed by atoms with Crippen LogP contribution in [-0.2, 0) is 0 Å². The predicted octanol–water partition coefficient (Wildman–Crippen LogP) is 2.77. The van der Waals surface area contributed by atoms with Gasteiger partial charge < -0.3 is 20.1 Å². The highest BCUT2D eigenvalue weighted by Crippen LogP contribution is 2.24. The number of carbonyl (C=O) groups excluding carboxylic acids is 1. The van der Waals surface area contributed by atoms with E-state index in [9.17, 15) is 9.90 Å². The van der Waals surface area contributed by atoms with E-state index in [1.165, 1.54) is 25.6 Å². The van der Waals surface area contributed by atoms with Crippen molar-refractivity contribution in [1.82, 2.24) is 20.3 Å². The van der Waals surface area contributed by atoms with Crippen LogP contribution in [0.15, 0.2) is 48.8 Å². The monoisotopic (exact) mass is 444 g/mol. The summed E-state index contributed by atoms with van der Waals surface area (Å²) in [5.74, 6) is 1.66. The van der Waals surface area contributed by atoms with Crippen LogP contribution in [0.3, 0.4) is 0 Å². The molecule has 168 valence electrons. The van der Waals surface area contributed by atoms with Gasteiger partial charge >= 0.3 is 0 Å². The smallest absolute Gasteiger partial charge is 0.251 e. The number of hydrogen-bond donors (Lipinski definition) is 2. The molecular formula is C24H24N6O3. The highest BCUT2D eigenvalue weighted by Gasteiger charge is 2.22. The van der Waals surface area contributed by atoms with Gasteiger partial charge in [-0.15, -0.1) is 0 Å². The molecule has 1 amide bonds. The van der Waals surface area contributed by atoms with Crippen LogP contribution in [0.1, 0.15) is 28.8 Å². The number of nitriles is 1. The van der Waals surface area contributed by atoms with Gasteiger partial charge in [0.05, 0.1) is 18.7 Å². The topological polar surface area (TPSA) is 124 Å². The minimum absolute atomic E-state index is 0.0103. The molecule has 9 nitrogen and oxygen atoms in total. The quantitative estimate of drug-likeness (QED) is 0.595. The van der Waals surface area contributed by atoms with Gasteiger partial charge in [-0.2, -0.15) is 10.2 Å². The number of rotatable bonds is 6. The van der Waals surface area contributed by atoms with Crippen LogP contribution in [-0.4, -0.2) is 52.7 Å². The first-order chi connectivity index (χ1) is 16.1. The zero-order valence-electron chi connectivity index (χ0n) is 18.2. The molecule has 0 aliphatic carbocycles. The molecule has 9 heteroatoms. The summed E-state index contributed by atoms with van der Waals surface area (Å²) in [5.41, 5.74) is 1.70. The van der Waals surface area contributed by atoms with E-state index in [1.54, 1.807) is 18.2 Å². The average molecular weight is 444 g/mol. The molecule has 0 saturated carbocycles. The molecule has 1 aliphatic heterocycles. The van der Waals surface area contributed by atoms with Gasteiger partial charge in [0, 0.05) is 36.8 Å². The summed E-state index contributed by atoms with van der Waals surface area (Å²) in [6.45, 7) is 2.08. The van der Waals surface area contributed by atoms with E-state index in [0.717, 1.165) is 31.5 Å². The largest absolute Gasteiger partial charge is 0.508 e. The van der Waals surface area contributed by atoms with Gasteiger partial charge in [-0.3, -0.25) is 4.79 Å². The van der Waals surface area contributed by atoms with Crippen LogP contribution in [0.4, 0.5) is 5.95 Å². The third kappa shape index (κ3) is 5.36. The van der Waals surface area contributed by atoms with Crippen molar-refractivity contribution in [2.75, 3.05) is 31.6 Å². The van der Waals surface area contributed by atoms with E-state index in [0.29, 0.717) is 41.1 Å². The predicted molar refractivity (Wildman–Crippen MR) is 122 cm³/mol. The third-order valence-electron chi connectivity index (χ3n) is 5.65. The molecule has 1 aliphatic rings. The number of aromatic hydroxyl groups is 1. The summed E-state index contributed by atoms with van der Waals surface area (Å²) >= 11 is 0. The fraction of sp³-hybridized carbons (Fsp3) is 0.292. The van der Waals surface area contributed by atoms with E-state index in [2.05, 4.69) is 31.2 Å². The summed E-state index contributed by atoms with van der Waals surface area (Å²) in [6, 6.07) is 13.8. The average Bonchev–Trinajstić information content (AvgIpc) is 2.87. The second-order valence-electron chi connectivity index (χ2n) is 7.86. The van der Waals surface area contributed by atoms with Gasteiger partial charge in [0.25, 0.3) is 5.91 Å². The number of hydrogen-bond acceptors (Lipinski definition) is 8. The normalized spacial score (nSPS) is 13.9. The van der Waals surface area contributed by atoms with Crippen LogP contribution in [0, 0.1) is 17.2 Å². The Hall–Kier alpha value is -4.19. The SMILES string of the molecule is COc1cc(O)cc(C(=O)NCC2CCN(c3ncnc(-c4cccc(C#N)c4)n3)CC2)c1. The maximum absolute atomic E-state index is 12.5. The van der Waals surface area contributed by atoms with Crippen LogP contribution >= 0.6 is 0 Å². The van der Waals surface area contributed by atoms with Gasteiger partial charge in [0.1, 0.15) is 17.8 Å². The minimum Gasteiger partial charge on any atom is -0.508 e. The number of aromatic nitrogens is 3.